The van der Waals surface area contributed by atoms with Crippen LogP contribution in [0.25, 0.3) is 17.2 Å². The highest BCUT2D eigenvalue weighted by atomic mass is 32.1. The molecule has 10 heteroatoms. The molecule has 2 aromatic carbocycles. The van der Waals surface area contributed by atoms with Gasteiger partial charge in [-0.25, -0.2) is 13.5 Å². The molecule has 1 amide bonds. The van der Waals surface area contributed by atoms with Gasteiger partial charge in [-0.2, -0.15) is 9.36 Å². The van der Waals surface area contributed by atoms with E-state index >= 15 is 0 Å². The Labute approximate surface area is 168 Å². The van der Waals surface area contributed by atoms with Gasteiger partial charge in [0.05, 0.1) is 5.69 Å². The van der Waals surface area contributed by atoms with Crippen LogP contribution in [0, 0.1) is 25.5 Å². The normalized spacial score (nSPS) is 10.9. The van der Waals surface area contributed by atoms with Crippen molar-refractivity contribution in [2.75, 3.05) is 5.32 Å². The Morgan fingerprint density at radius 1 is 1.10 bits per heavy atom. The third kappa shape index (κ3) is 3.74. The van der Waals surface area contributed by atoms with E-state index in [0.717, 1.165) is 35.3 Å². The Balaban J connectivity index is 1.59. The smallest absolute Gasteiger partial charge is 0.257 e. The summed E-state index contributed by atoms with van der Waals surface area (Å²) in [6.07, 6.45) is 0. The lowest BCUT2D eigenvalue weighted by atomic mass is 10.1. The minimum absolute atomic E-state index is 0.0654. The fourth-order valence-electron chi connectivity index (χ4n) is 2.66. The zero-order valence-electron chi connectivity index (χ0n) is 15.3. The van der Waals surface area contributed by atoms with Gasteiger partial charge in [-0.1, -0.05) is 22.9 Å². The van der Waals surface area contributed by atoms with E-state index in [-0.39, 0.29) is 22.6 Å². The van der Waals surface area contributed by atoms with Crippen LogP contribution in [0.2, 0.25) is 0 Å². The molecular formula is C19H14F2N6OS. The molecule has 2 aromatic heterocycles. The van der Waals surface area contributed by atoms with E-state index in [0.29, 0.717) is 17.0 Å². The zero-order chi connectivity index (χ0) is 20.5. The van der Waals surface area contributed by atoms with Gasteiger partial charge < -0.3 is 0 Å². The Hall–Kier alpha value is -3.53. The highest BCUT2D eigenvalue weighted by Gasteiger charge is 2.19. The van der Waals surface area contributed by atoms with Crippen LogP contribution in [0.3, 0.4) is 0 Å². The van der Waals surface area contributed by atoms with Crippen molar-refractivity contribution >= 4 is 22.6 Å². The number of nitrogens with zero attached hydrogens (tertiary/aromatic N) is 5. The largest absolute Gasteiger partial charge is 0.297 e. The van der Waals surface area contributed by atoms with Gasteiger partial charge in [0.25, 0.3) is 5.91 Å². The van der Waals surface area contributed by atoms with Crippen LogP contribution >= 0.6 is 11.5 Å². The lowest BCUT2D eigenvalue weighted by Gasteiger charge is -2.04. The van der Waals surface area contributed by atoms with E-state index < -0.39 is 11.6 Å². The number of anilines is 1. The number of hydrogen-bond acceptors (Lipinski definition) is 6. The maximum absolute atomic E-state index is 14.0. The average Bonchev–Trinajstić information content (AvgIpc) is 3.30. The first-order chi connectivity index (χ1) is 13.9. The Bertz CT molecular complexity index is 1200. The summed E-state index contributed by atoms with van der Waals surface area (Å²) < 4.78 is 32.9. The highest BCUT2D eigenvalue weighted by Crippen LogP contribution is 2.25. The van der Waals surface area contributed by atoms with Gasteiger partial charge in [-0.05, 0) is 38.1 Å². The lowest BCUT2D eigenvalue weighted by Crippen LogP contribution is -2.11. The summed E-state index contributed by atoms with van der Waals surface area (Å²) in [5.41, 5.74) is 2.22. The van der Waals surface area contributed by atoms with Crippen molar-refractivity contribution < 1.29 is 13.6 Å². The van der Waals surface area contributed by atoms with Crippen molar-refractivity contribution in [2.24, 2.45) is 0 Å². The van der Waals surface area contributed by atoms with Gasteiger partial charge in [0.2, 0.25) is 5.13 Å². The van der Waals surface area contributed by atoms with Crippen molar-refractivity contribution in [2.45, 2.75) is 13.8 Å². The van der Waals surface area contributed by atoms with Gasteiger partial charge in [0, 0.05) is 23.2 Å². The third-order valence-electron chi connectivity index (χ3n) is 4.20. The van der Waals surface area contributed by atoms with Crippen LogP contribution in [-0.2, 0) is 0 Å². The second kappa shape index (κ2) is 7.47. The molecule has 0 radical (unpaired) electrons. The maximum Gasteiger partial charge on any atom is 0.257 e. The third-order valence-corrected chi connectivity index (χ3v) is 4.83. The van der Waals surface area contributed by atoms with E-state index in [2.05, 4.69) is 25.0 Å². The molecule has 0 aliphatic carbocycles. The summed E-state index contributed by atoms with van der Waals surface area (Å²) in [6.45, 7) is 3.58. The Morgan fingerprint density at radius 3 is 2.62 bits per heavy atom. The summed E-state index contributed by atoms with van der Waals surface area (Å²) >= 11 is 0.986. The summed E-state index contributed by atoms with van der Waals surface area (Å²) in [7, 11) is 0. The van der Waals surface area contributed by atoms with Crippen LogP contribution in [0.15, 0.2) is 42.5 Å². The molecule has 7 nitrogen and oxygen atoms in total. The summed E-state index contributed by atoms with van der Waals surface area (Å²) in [4.78, 5) is 16.6. The average molecular weight is 412 g/mol. The molecule has 4 aromatic rings. The Kier molecular flexibility index (Phi) is 4.85. The van der Waals surface area contributed by atoms with Gasteiger partial charge in [-0.15, -0.1) is 5.10 Å². The van der Waals surface area contributed by atoms with Gasteiger partial charge in [0.1, 0.15) is 17.3 Å². The number of carbonyl (C=O) groups is 1. The predicted molar refractivity (Wildman–Crippen MR) is 104 cm³/mol. The SMILES string of the molecule is Cc1ccc(C(=O)Nc2nc(-c3nnn(-c4cc(F)ccc4F)c3C)ns2)cc1. The highest BCUT2D eigenvalue weighted by molar-refractivity contribution is 7.10. The number of benzene rings is 2. The molecule has 146 valence electrons. The molecule has 0 aliphatic heterocycles. The maximum atomic E-state index is 14.0. The molecule has 0 atom stereocenters. The van der Waals surface area contributed by atoms with Crippen molar-refractivity contribution in [3.63, 3.8) is 0 Å². The van der Waals surface area contributed by atoms with Gasteiger partial charge in [-0.3, -0.25) is 10.1 Å². The van der Waals surface area contributed by atoms with Crippen molar-refractivity contribution in [1.29, 1.82) is 0 Å². The number of aryl methyl sites for hydroxylation is 1. The first-order valence-corrected chi connectivity index (χ1v) is 9.29. The molecule has 0 aliphatic rings. The van der Waals surface area contributed by atoms with Crippen molar-refractivity contribution in [1.82, 2.24) is 24.4 Å². The van der Waals surface area contributed by atoms with E-state index in [1.165, 1.54) is 4.68 Å². The molecule has 2 heterocycles. The van der Waals surface area contributed by atoms with Crippen molar-refractivity contribution in [3.8, 4) is 17.2 Å². The van der Waals surface area contributed by atoms with E-state index in [4.69, 9.17) is 0 Å². The molecular weight excluding hydrogens is 398 g/mol. The molecule has 0 saturated carbocycles. The first-order valence-electron chi connectivity index (χ1n) is 8.52. The first kappa shape index (κ1) is 18.8. The number of halogens is 2. The van der Waals surface area contributed by atoms with Gasteiger partial charge >= 0.3 is 0 Å². The van der Waals surface area contributed by atoms with Crippen LogP contribution < -0.4 is 5.32 Å². The molecule has 0 fully saturated rings. The monoisotopic (exact) mass is 412 g/mol. The minimum Gasteiger partial charge on any atom is -0.297 e. The Morgan fingerprint density at radius 2 is 1.86 bits per heavy atom. The fourth-order valence-corrected chi connectivity index (χ4v) is 3.22. The summed E-state index contributed by atoms with van der Waals surface area (Å²) in [5.74, 6) is -1.31. The molecule has 0 unspecified atom stereocenters. The lowest BCUT2D eigenvalue weighted by molar-refractivity contribution is 0.102. The van der Waals surface area contributed by atoms with Crippen LogP contribution in [-0.4, -0.2) is 30.3 Å². The molecule has 1 N–H and O–H groups in total. The number of rotatable bonds is 4. The van der Waals surface area contributed by atoms with E-state index in [9.17, 15) is 13.6 Å². The molecule has 0 bridgehead atoms. The van der Waals surface area contributed by atoms with Crippen molar-refractivity contribution in [3.05, 3.63) is 70.9 Å². The standard InChI is InChI=1S/C19H14F2N6OS/c1-10-3-5-12(6-4-10)18(28)23-19-22-17(25-29-19)16-11(2)27(26-24-16)15-9-13(20)7-8-14(15)21/h3-9H,1-2H3,(H,22,23,25,28). The minimum atomic E-state index is -0.636. The zero-order valence-corrected chi connectivity index (χ0v) is 16.2. The number of carbonyl (C=O) groups excluding carboxylic acids is 1. The van der Waals surface area contributed by atoms with E-state index in [1.807, 2.05) is 19.1 Å². The van der Waals surface area contributed by atoms with Crippen LogP contribution in [0.1, 0.15) is 21.6 Å². The van der Waals surface area contributed by atoms with E-state index in [1.54, 1.807) is 19.1 Å². The molecule has 4 rings (SSSR count). The number of amides is 1. The molecule has 29 heavy (non-hydrogen) atoms. The number of aromatic nitrogens is 5. The summed E-state index contributed by atoms with van der Waals surface area (Å²) in [6, 6.07) is 10.2. The topological polar surface area (TPSA) is 85.6 Å². The molecule has 0 spiro atoms. The van der Waals surface area contributed by atoms with Crippen LogP contribution in [0.4, 0.5) is 13.9 Å². The predicted octanol–water partition coefficient (Wildman–Crippen LogP) is 3.93. The fraction of sp³-hybridized carbons (Fsp3) is 0.105. The second-order valence-electron chi connectivity index (χ2n) is 6.27. The van der Waals surface area contributed by atoms with Gasteiger partial charge in [0.15, 0.2) is 11.5 Å². The van der Waals surface area contributed by atoms with Crippen LogP contribution in [0.5, 0.6) is 0 Å². The molecule has 0 saturated heterocycles. The summed E-state index contributed by atoms with van der Waals surface area (Å²) in [5, 5.41) is 10.8. The quantitative estimate of drug-likeness (QED) is 0.549. The number of hydrogen-bond donors (Lipinski definition) is 1. The number of nitrogens with one attached hydrogen (secondary N) is 1. The second-order valence-corrected chi connectivity index (χ2v) is 7.03.